The second-order valence-corrected chi connectivity index (χ2v) is 4.76. The van der Waals surface area contributed by atoms with E-state index in [0.29, 0.717) is 6.20 Å². The van der Waals surface area contributed by atoms with Crippen LogP contribution in [0, 0.1) is 0 Å². The predicted octanol–water partition coefficient (Wildman–Crippen LogP) is 1.11. The van der Waals surface area contributed by atoms with Crippen LogP contribution in [0.15, 0.2) is 15.5 Å². The minimum atomic E-state index is -4.54. The fourth-order valence-corrected chi connectivity index (χ4v) is 2.07. The average Bonchev–Trinajstić information content (AvgIpc) is 2.96. The quantitative estimate of drug-likeness (QED) is 0.917. The van der Waals surface area contributed by atoms with Gasteiger partial charge in [-0.2, -0.15) is 13.2 Å². The lowest BCUT2D eigenvalue weighted by Gasteiger charge is -2.12. The lowest BCUT2D eigenvalue weighted by Crippen LogP contribution is -2.26. The zero-order chi connectivity index (χ0) is 14.9. The Balaban J connectivity index is 2.10. The number of halogens is 3. The van der Waals surface area contributed by atoms with E-state index in [9.17, 15) is 22.8 Å². The van der Waals surface area contributed by atoms with Crippen LogP contribution in [-0.4, -0.2) is 33.0 Å². The molecule has 2 heterocycles. The van der Waals surface area contributed by atoms with Gasteiger partial charge in [0.15, 0.2) is 10.8 Å². The summed E-state index contributed by atoms with van der Waals surface area (Å²) in [6, 6.07) is 0. The van der Waals surface area contributed by atoms with Crippen molar-refractivity contribution in [2.45, 2.75) is 12.7 Å². The molecule has 1 amide bonds. The molecule has 11 heteroatoms. The van der Waals surface area contributed by atoms with Crippen molar-refractivity contribution in [2.24, 2.45) is 0 Å². The number of aromatic amines is 1. The van der Waals surface area contributed by atoms with E-state index >= 15 is 0 Å². The molecular weight excluding hydrogens is 301 g/mol. The zero-order valence-corrected chi connectivity index (χ0v) is 10.7. The summed E-state index contributed by atoms with van der Waals surface area (Å²) < 4.78 is 41.4. The van der Waals surface area contributed by atoms with Crippen LogP contribution in [0.25, 0.3) is 0 Å². The maximum Gasteiger partial charge on any atom is 0.438 e. The van der Waals surface area contributed by atoms with Crippen molar-refractivity contribution in [3.63, 3.8) is 0 Å². The second kappa shape index (κ2) is 5.07. The molecule has 2 aromatic heterocycles. The molecule has 0 spiro atoms. The average molecular weight is 308 g/mol. The normalized spacial score (nSPS) is 11.6. The Labute approximate surface area is 113 Å². The highest BCUT2D eigenvalue weighted by molar-refractivity contribution is 7.13. The number of hydrogen-bond donors (Lipinski definition) is 1. The number of H-pyrrole nitrogens is 1. The number of nitrogens with zero attached hydrogens (tertiary/aromatic N) is 3. The molecular formula is C9H7F3N4O3S. The van der Waals surface area contributed by atoms with Gasteiger partial charge in [-0.25, -0.2) is 9.78 Å². The zero-order valence-electron chi connectivity index (χ0n) is 9.89. The highest BCUT2D eigenvalue weighted by Gasteiger charge is 2.34. The summed E-state index contributed by atoms with van der Waals surface area (Å²) in [6.45, 7) is -0.120. The highest BCUT2D eigenvalue weighted by atomic mass is 32.1. The first kappa shape index (κ1) is 14.2. The van der Waals surface area contributed by atoms with Gasteiger partial charge in [0.2, 0.25) is 0 Å². The summed E-state index contributed by atoms with van der Waals surface area (Å²) in [7, 11) is 1.34. The van der Waals surface area contributed by atoms with E-state index < -0.39 is 22.7 Å². The first-order valence-electron chi connectivity index (χ1n) is 5.10. The van der Waals surface area contributed by atoms with Crippen molar-refractivity contribution in [2.75, 3.05) is 7.05 Å². The van der Waals surface area contributed by atoms with E-state index in [1.165, 1.54) is 7.05 Å². The monoisotopic (exact) mass is 308 g/mol. The molecule has 0 saturated heterocycles. The van der Waals surface area contributed by atoms with Crippen LogP contribution < -0.4 is 5.76 Å². The molecule has 0 saturated carbocycles. The third-order valence-electron chi connectivity index (χ3n) is 2.19. The van der Waals surface area contributed by atoms with Gasteiger partial charge in [-0.05, 0) is 0 Å². The highest BCUT2D eigenvalue weighted by Crippen LogP contribution is 2.33. The van der Waals surface area contributed by atoms with E-state index in [0.717, 1.165) is 4.90 Å². The Bertz CT molecular complexity index is 674. The molecule has 0 atom stereocenters. The molecule has 0 aliphatic rings. The molecule has 0 unspecified atom stereocenters. The largest absolute Gasteiger partial charge is 0.438 e. The van der Waals surface area contributed by atoms with Gasteiger partial charge in [0.05, 0.1) is 12.7 Å². The topological polar surface area (TPSA) is 92.1 Å². The molecule has 0 bridgehead atoms. The van der Waals surface area contributed by atoms with E-state index in [4.69, 9.17) is 0 Å². The summed E-state index contributed by atoms with van der Waals surface area (Å²) in [4.78, 5) is 28.3. The molecule has 0 aromatic carbocycles. The van der Waals surface area contributed by atoms with Crippen molar-refractivity contribution in [3.8, 4) is 0 Å². The lowest BCUT2D eigenvalue weighted by atomic mass is 10.5. The van der Waals surface area contributed by atoms with Crippen molar-refractivity contribution in [3.05, 3.63) is 32.5 Å². The van der Waals surface area contributed by atoms with Crippen LogP contribution in [0.2, 0.25) is 0 Å². The summed E-state index contributed by atoms with van der Waals surface area (Å²) in [5.74, 6) is -1.41. The molecule has 0 aliphatic heterocycles. The van der Waals surface area contributed by atoms with Crippen LogP contribution in [0.5, 0.6) is 0 Å². The Morgan fingerprint density at radius 3 is 2.75 bits per heavy atom. The Hall–Kier alpha value is -2.17. The maximum atomic E-state index is 12.4. The molecule has 0 aliphatic carbocycles. The minimum Gasteiger partial charge on any atom is -0.332 e. The van der Waals surface area contributed by atoms with E-state index in [-0.39, 0.29) is 28.7 Å². The standard InChI is InChI=1S/C9H7F3N4O3S/c1-16(3-5-14-8(18)19-15-5)7(17)6-13-2-4(20-6)9(10,11)12/h2H,3H2,1H3,(H,14,15,18). The molecule has 7 nitrogen and oxygen atoms in total. The van der Waals surface area contributed by atoms with Crippen molar-refractivity contribution >= 4 is 17.2 Å². The van der Waals surface area contributed by atoms with Gasteiger partial charge in [-0.15, -0.1) is 11.3 Å². The van der Waals surface area contributed by atoms with Crippen LogP contribution in [0.3, 0.4) is 0 Å². The van der Waals surface area contributed by atoms with E-state index in [1.54, 1.807) is 0 Å². The number of aromatic nitrogens is 3. The minimum absolute atomic E-state index is 0.0819. The third kappa shape index (κ3) is 3.04. The van der Waals surface area contributed by atoms with Gasteiger partial charge < -0.3 is 4.90 Å². The van der Waals surface area contributed by atoms with Crippen LogP contribution in [0.4, 0.5) is 13.2 Å². The van der Waals surface area contributed by atoms with Crippen LogP contribution in [-0.2, 0) is 12.7 Å². The molecule has 0 fully saturated rings. The van der Waals surface area contributed by atoms with Crippen molar-refractivity contribution in [1.82, 2.24) is 20.0 Å². The summed E-state index contributed by atoms with van der Waals surface area (Å²) in [5.41, 5.74) is 0. The fourth-order valence-electron chi connectivity index (χ4n) is 1.29. The number of carbonyl (C=O) groups excluding carboxylic acids is 1. The van der Waals surface area contributed by atoms with Gasteiger partial charge in [0, 0.05) is 7.05 Å². The van der Waals surface area contributed by atoms with Gasteiger partial charge in [0.1, 0.15) is 4.88 Å². The number of nitrogens with one attached hydrogen (secondary N) is 1. The second-order valence-electron chi connectivity index (χ2n) is 3.73. The number of hydrogen-bond acceptors (Lipinski definition) is 6. The Morgan fingerprint density at radius 2 is 2.25 bits per heavy atom. The number of rotatable bonds is 3. The first-order valence-corrected chi connectivity index (χ1v) is 5.92. The van der Waals surface area contributed by atoms with Gasteiger partial charge in [-0.1, -0.05) is 5.16 Å². The smallest absolute Gasteiger partial charge is 0.332 e. The van der Waals surface area contributed by atoms with E-state index in [1.807, 2.05) is 0 Å². The Kier molecular flexibility index (Phi) is 3.61. The number of alkyl halides is 3. The summed E-state index contributed by atoms with van der Waals surface area (Å²) >= 11 is 0.249. The number of amides is 1. The first-order chi connectivity index (χ1) is 9.27. The van der Waals surface area contributed by atoms with E-state index in [2.05, 4.69) is 19.6 Å². The molecule has 2 aromatic rings. The van der Waals surface area contributed by atoms with Crippen LogP contribution in [0.1, 0.15) is 20.5 Å². The lowest BCUT2D eigenvalue weighted by molar-refractivity contribution is -0.134. The van der Waals surface area contributed by atoms with Crippen LogP contribution >= 0.6 is 11.3 Å². The Morgan fingerprint density at radius 1 is 1.55 bits per heavy atom. The summed E-state index contributed by atoms with van der Waals surface area (Å²) in [6.07, 6.45) is -3.93. The van der Waals surface area contributed by atoms with Crippen molar-refractivity contribution < 1.29 is 22.5 Å². The molecule has 2 rings (SSSR count). The van der Waals surface area contributed by atoms with Gasteiger partial charge in [-0.3, -0.25) is 14.3 Å². The maximum absolute atomic E-state index is 12.4. The van der Waals surface area contributed by atoms with Gasteiger partial charge in [0.25, 0.3) is 5.91 Å². The number of carbonyl (C=O) groups is 1. The third-order valence-corrected chi connectivity index (χ3v) is 3.22. The summed E-state index contributed by atoms with van der Waals surface area (Å²) in [5, 5.41) is 3.04. The number of thiazole rings is 1. The fraction of sp³-hybridized carbons (Fsp3) is 0.333. The molecule has 20 heavy (non-hydrogen) atoms. The molecule has 108 valence electrons. The molecule has 0 radical (unpaired) electrons. The molecule has 1 N–H and O–H groups in total. The SMILES string of the molecule is CN(Cc1noc(=O)[nH]1)C(=O)c1ncc(C(F)(F)F)s1. The predicted molar refractivity (Wildman–Crippen MR) is 60.0 cm³/mol. The van der Waals surface area contributed by atoms with Crippen molar-refractivity contribution in [1.29, 1.82) is 0 Å². The van der Waals surface area contributed by atoms with Gasteiger partial charge >= 0.3 is 11.9 Å².